The summed E-state index contributed by atoms with van der Waals surface area (Å²) in [6.07, 6.45) is 6.67. The molecule has 136 valence electrons. The van der Waals surface area contributed by atoms with Gasteiger partial charge in [0.1, 0.15) is 24.2 Å². The molecule has 1 heterocycles. The number of hydrogen-bond acceptors (Lipinski definition) is 5. The number of aromatic hydroxyl groups is 1. The zero-order chi connectivity index (χ0) is 17.6. The fourth-order valence-corrected chi connectivity index (χ4v) is 3.38. The second-order valence-electron chi connectivity index (χ2n) is 6.55. The zero-order valence-corrected chi connectivity index (χ0v) is 15.0. The largest absolute Gasteiger partial charge is 0.508 e. The van der Waals surface area contributed by atoms with Crippen LogP contribution in [-0.2, 0) is 0 Å². The van der Waals surface area contributed by atoms with Gasteiger partial charge in [0, 0.05) is 43.8 Å². The smallest absolute Gasteiger partial charge is 0.119 e. The first-order valence-corrected chi connectivity index (χ1v) is 9.08. The molecule has 5 nitrogen and oxygen atoms in total. The molecule has 2 N–H and O–H groups in total. The highest BCUT2D eigenvalue weighted by Gasteiger charge is 2.24. The molecule has 2 atom stereocenters. The Balaban J connectivity index is 1.37. The van der Waals surface area contributed by atoms with E-state index in [0.717, 1.165) is 37.6 Å². The van der Waals surface area contributed by atoms with Crippen LogP contribution in [0.25, 0.3) is 0 Å². The van der Waals surface area contributed by atoms with E-state index in [1.807, 2.05) is 6.08 Å². The van der Waals surface area contributed by atoms with Crippen LogP contribution in [-0.4, -0.2) is 71.5 Å². The molecule has 0 spiro atoms. The van der Waals surface area contributed by atoms with E-state index in [0.29, 0.717) is 18.3 Å². The van der Waals surface area contributed by atoms with Crippen molar-refractivity contribution in [3.8, 4) is 11.5 Å². The van der Waals surface area contributed by atoms with E-state index in [-0.39, 0.29) is 12.4 Å². The number of aliphatic hydroxyl groups is 1. The van der Waals surface area contributed by atoms with Crippen LogP contribution in [0.1, 0.15) is 6.42 Å². The van der Waals surface area contributed by atoms with Gasteiger partial charge in [-0.2, -0.15) is 0 Å². The first-order valence-electron chi connectivity index (χ1n) is 8.70. The number of piperazine rings is 1. The van der Waals surface area contributed by atoms with Crippen molar-refractivity contribution in [3.05, 3.63) is 47.5 Å². The molecule has 6 heteroatoms. The molecule has 1 aromatic rings. The molecular weight excluding hydrogens is 340 g/mol. The molecule has 0 radical (unpaired) electrons. The lowest BCUT2D eigenvalue weighted by Gasteiger charge is -2.39. The van der Waals surface area contributed by atoms with Gasteiger partial charge >= 0.3 is 0 Å². The molecular formula is C19H25ClN2O3. The first kappa shape index (κ1) is 18.3. The lowest BCUT2D eigenvalue weighted by molar-refractivity contribution is 0.0410. The van der Waals surface area contributed by atoms with E-state index in [1.165, 1.54) is 0 Å². The molecule has 2 aliphatic rings. The van der Waals surface area contributed by atoms with Crippen LogP contribution in [0.2, 0.25) is 0 Å². The number of phenols is 1. The number of ether oxygens (including phenoxy) is 1. The number of halogens is 1. The SMILES string of the molecule is Oc1ccc(OC[C@@H](O)CN2CCN(C3C=CC(Cl)=CC3)CC2)cc1. The maximum atomic E-state index is 10.2. The summed E-state index contributed by atoms with van der Waals surface area (Å²) in [4.78, 5) is 4.74. The Morgan fingerprint density at radius 1 is 1.16 bits per heavy atom. The lowest BCUT2D eigenvalue weighted by Crippen LogP contribution is -2.51. The monoisotopic (exact) mass is 364 g/mol. The van der Waals surface area contributed by atoms with Crippen LogP contribution in [0.4, 0.5) is 0 Å². The number of benzene rings is 1. The van der Waals surface area contributed by atoms with Gasteiger partial charge in [0.15, 0.2) is 0 Å². The maximum absolute atomic E-state index is 10.2. The summed E-state index contributed by atoms with van der Waals surface area (Å²) in [5.74, 6) is 0.855. The van der Waals surface area contributed by atoms with Crippen molar-refractivity contribution < 1.29 is 14.9 Å². The minimum atomic E-state index is -0.531. The number of phenolic OH excluding ortho intramolecular Hbond substituents is 1. The fraction of sp³-hybridized carbons (Fsp3) is 0.474. The predicted octanol–water partition coefficient (Wildman–Crippen LogP) is 2.20. The van der Waals surface area contributed by atoms with Crippen molar-refractivity contribution in [1.82, 2.24) is 9.80 Å². The summed E-state index contributed by atoms with van der Waals surface area (Å²) in [6, 6.07) is 6.97. The van der Waals surface area contributed by atoms with Gasteiger partial charge in [-0.05, 0) is 36.8 Å². The van der Waals surface area contributed by atoms with E-state index in [1.54, 1.807) is 24.3 Å². The molecule has 1 fully saturated rings. The fourth-order valence-electron chi connectivity index (χ4n) is 3.22. The quantitative estimate of drug-likeness (QED) is 0.810. The van der Waals surface area contributed by atoms with Gasteiger partial charge in [0.05, 0.1) is 0 Å². The normalized spacial score (nSPS) is 23.3. The average Bonchev–Trinajstić information content (AvgIpc) is 2.63. The molecule has 1 aliphatic carbocycles. The Morgan fingerprint density at radius 3 is 2.52 bits per heavy atom. The molecule has 0 saturated carbocycles. The molecule has 25 heavy (non-hydrogen) atoms. The van der Waals surface area contributed by atoms with Crippen molar-refractivity contribution in [1.29, 1.82) is 0 Å². The third-order valence-electron chi connectivity index (χ3n) is 4.66. The van der Waals surface area contributed by atoms with Crippen molar-refractivity contribution in [3.63, 3.8) is 0 Å². The highest BCUT2D eigenvalue weighted by molar-refractivity contribution is 6.31. The molecule has 1 saturated heterocycles. The third kappa shape index (κ3) is 5.47. The standard InChI is InChI=1S/C19H25ClN2O3/c20-15-1-3-16(4-2-15)22-11-9-21(10-12-22)13-18(24)14-25-19-7-5-17(23)6-8-19/h1-3,5-8,16,18,23-24H,4,9-14H2/t16?,18-/m0/s1. The molecule has 1 aromatic carbocycles. The summed E-state index contributed by atoms with van der Waals surface area (Å²) in [6.45, 7) is 4.73. The second-order valence-corrected chi connectivity index (χ2v) is 6.98. The van der Waals surface area contributed by atoms with Crippen LogP contribution in [0, 0.1) is 0 Å². The minimum Gasteiger partial charge on any atom is -0.508 e. The van der Waals surface area contributed by atoms with Crippen molar-refractivity contribution in [2.75, 3.05) is 39.3 Å². The molecule has 0 aromatic heterocycles. The van der Waals surface area contributed by atoms with Crippen LogP contribution < -0.4 is 4.74 Å². The summed E-state index contributed by atoms with van der Waals surface area (Å²) < 4.78 is 5.56. The summed E-state index contributed by atoms with van der Waals surface area (Å²) >= 11 is 5.98. The Bertz CT molecular complexity index is 610. The number of allylic oxidation sites excluding steroid dienone is 2. The topological polar surface area (TPSA) is 56.2 Å². The number of nitrogens with zero attached hydrogens (tertiary/aromatic N) is 2. The first-order chi connectivity index (χ1) is 12.1. The highest BCUT2D eigenvalue weighted by atomic mass is 35.5. The van der Waals surface area contributed by atoms with Crippen LogP contribution >= 0.6 is 11.6 Å². The Kier molecular flexibility index (Phi) is 6.37. The maximum Gasteiger partial charge on any atom is 0.119 e. The number of aliphatic hydroxyl groups excluding tert-OH is 1. The Morgan fingerprint density at radius 2 is 1.88 bits per heavy atom. The van der Waals surface area contributed by atoms with Gasteiger partial charge in [0.25, 0.3) is 0 Å². The van der Waals surface area contributed by atoms with Crippen molar-refractivity contribution in [2.24, 2.45) is 0 Å². The molecule has 0 amide bonds. The zero-order valence-electron chi connectivity index (χ0n) is 14.2. The molecule has 1 aliphatic heterocycles. The van der Waals surface area contributed by atoms with Gasteiger partial charge in [-0.15, -0.1) is 0 Å². The van der Waals surface area contributed by atoms with Gasteiger partial charge in [0.2, 0.25) is 0 Å². The van der Waals surface area contributed by atoms with Gasteiger partial charge in [-0.25, -0.2) is 0 Å². The Labute approximate surface area is 153 Å². The van der Waals surface area contributed by atoms with Crippen molar-refractivity contribution in [2.45, 2.75) is 18.6 Å². The third-order valence-corrected chi connectivity index (χ3v) is 4.94. The van der Waals surface area contributed by atoms with Gasteiger partial charge < -0.3 is 14.9 Å². The average molecular weight is 365 g/mol. The molecule has 0 bridgehead atoms. The summed E-state index contributed by atoms with van der Waals surface area (Å²) in [5, 5.41) is 20.3. The minimum absolute atomic E-state index is 0.205. The highest BCUT2D eigenvalue weighted by Crippen LogP contribution is 2.20. The number of rotatable bonds is 6. The van der Waals surface area contributed by atoms with E-state index in [4.69, 9.17) is 16.3 Å². The summed E-state index contributed by atoms with van der Waals surface area (Å²) in [5.41, 5.74) is 0. The van der Waals surface area contributed by atoms with Crippen LogP contribution in [0.5, 0.6) is 11.5 Å². The predicted molar refractivity (Wildman–Crippen MR) is 99.1 cm³/mol. The molecule has 3 rings (SSSR count). The Hall–Kier alpha value is -1.53. The van der Waals surface area contributed by atoms with Gasteiger partial charge in [-0.1, -0.05) is 23.8 Å². The summed E-state index contributed by atoms with van der Waals surface area (Å²) in [7, 11) is 0. The van der Waals surface area contributed by atoms with Gasteiger partial charge in [-0.3, -0.25) is 9.80 Å². The van der Waals surface area contributed by atoms with E-state index in [2.05, 4.69) is 22.0 Å². The van der Waals surface area contributed by atoms with E-state index < -0.39 is 6.10 Å². The van der Waals surface area contributed by atoms with Crippen LogP contribution in [0.15, 0.2) is 47.5 Å². The van der Waals surface area contributed by atoms with E-state index >= 15 is 0 Å². The second kappa shape index (κ2) is 8.72. The number of hydrogen-bond donors (Lipinski definition) is 2. The molecule has 1 unspecified atom stereocenters. The van der Waals surface area contributed by atoms with Crippen LogP contribution in [0.3, 0.4) is 0 Å². The van der Waals surface area contributed by atoms with E-state index in [9.17, 15) is 10.2 Å². The lowest BCUT2D eigenvalue weighted by atomic mass is 10.1. The van der Waals surface area contributed by atoms with Crippen molar-refractivity contribution >= 4 is 11.6 Å². The number of β-amino-alcohol motifs (C(OH)–C–C–N with tert-alkyl or cyclic N) is 1.